The van der Waals surface area contributed by atoms with Crippen molar-refractivity contribution in [2.24, 2.45) is 5.92 Å². The summed E-state index contributed by atoms with van der Waals surface area (Å²) in [6, 6.07) is 69.4. The Morgan fingerprint density at radius 1 is 0.358 bits per heavy atom. The van der Waals surface area contributed by atoms with Gasteiger partial charge < -0.3 is 27.5 Å². The number of hydrogen-bond donors (Lipinski definition) is 4. The third kappa shape index (κ3) is 9.01. The maximum atomic E-state index is 6.15. The molecule has 5 heteroatoms. The quantitative estimate of drug-likeness (QED) is 0.0865. The second-order valence-electron chi connectivity index (χ2n) is 18.2. The Bertz CT molecular complexity index is 3020. The molecular formula is C62H57N5. The number of anilines is 4. The molecule has 0 bridgehead atoms. The summed E-state index contributed by atoms with van der Waals surface area (Å²) in [4.78, 5) is 0. The molecular weight excluding hydrogens is 815 g/mol. The van der Waals surface area contributed by atoms with Crippen LogP contribution in [0, 0.1) is 5.92 Å². The largest absolute Gasteiger partial charge is 0.399 e. The Hall–Kier alpha value is -8.02. The zero-order valence-electron chi connectivity index (χ0n) is 38.3. The minimum Gasteiger partial charge on any atom is -0.399 e. The zero-order chi connectivity index (χ0) is 46.0. The van der Waals surface area contributed by atoms with E-state index in [0.29, 0.717) is 5.92 Å². The first-order chi connectivity index (χ1) is 32.7. The van der Waals surface area contributed by atoms with Gasteiger partial charge in [-0.1, -0.05) is 112 Å². The first-order valence-electron chi connectivity index (χ1n) is 23.6. The summed E-state index contributed by atoms with van der Waals surface area (Å²) in [6.45, 7) is 4.61. The molecule has 1 aromatic heterocycles. The fourth-order valence-electron chi connectivity index (χ4n) is 9.68. The van der Waals surface area contributed by atoms with E-state index < -0.39 is 0 Å². The van der Waals surface area contributed by atoms with Crippen LogP contribution >= 0.6 is 0 Å². The minimum absolute atomic E-state index is 0.703. The number of unbranched alkanes of at least 4 members (excludes halogenated alkanes) is 1. The van der Waals surface area contributed by atoms with Gasteiger partial charge in [0.1, 0.15) is 0 Å². The highest BCUT2D eigenvalue weighted by Crippen LogP contribution is 2.41. The van der Waals surface area contributed by atoms with Crippen LogP contribution in [-0.2, 0) is 6.42 Å². The third-order valence-corrected chi connectivity index (χ3v) is 13.5. The lowest BCUT2D eigenvalue weighted by Gasteiger charge is -2.15. The van der Waals surface area contributed by atoms with Gasteiger partial charge in [0.25, 0.3) is 0 Å². The molecule has 8 N–H and O–H groups in total. The zero-order valence-corrected chi connectivity index (χ0v) is 38.3. The number of nitrogens with two attached hydrogens (primary N) is 4. The monoisotopic (exact) mass is 871 g/mol. The van der Waals surface area contributed by atoms with E-state index in [1.807, 2.05) is 48.5 Å². The summed E-state index contributed by atoms with van der Waals surface area (Å²) in [5, 5.41) is 2.37. The van der Waals surface area contributed by atoms with E-state index in [4.69, 9.17) is 22.9 Å². The molecule has 1 heterocycles. The van der Waals surface area contributed by atoms with Crippen molar-refractivity contribution in [3.63, 3.8) is 0 Å². The fraction of sp³-hybridized carbons (Fsp3) is 0.129. The summed E-state index contributed by atoms with van der Waals surface area (Å²) >= 11 is 0. The smallest absolute Gasteiger partial charge is 0.0541 e. The van der Waals surface area contributed by atoms with Gasteiger partial charge in [-0.3, -0.25) is 0 Å². The summed E-state index contributed by atoms with van der Waals surface area (Å²) < 4.78 is 2.44. The Morgan fingerprint density at radius 2 is 0.687 bits per heavy atom. The van der Waals surface area contributed by atoms with Crippen LogP contribution in [0.2, 0.25) is 0 Å². The van der Waals surface area contributed by atoms with E-state index >= 15 is 0 Å². The highest BCUT2D eigenvalue weighted by atomic mass is 15.0. The SMILES string of the molecule is CCCCC(CC)Cc1ccc(-n2c3ccc(-c4cc(-c5ccc(N)cc5)cc(-c5ccc(N)cc5)c4)cc3c3cc(-c4cc(-c5ccc(N)cc5)cc(-c5ccc(N)cc5)c4)ccc32)cc1. The summed E-state index contributed by atoms with van der Waals surface area (Å²) in [5.41, 5.74) is 45.9. The average Bonchev–Trinajstić information content (AvgIpc) is 3.69. The highest BCUT2D eigenvalue weighted by Gasteiger charge is 2.18. The molecule has 9 aromatic carbocycles. The third-order valence-electron chi connectivity index (χ3n) is 13.5. The van der Waals surface area contributed by atoms with Crippen LogP contribution in [0.25, 0.3) is 94.3 Å². The van der Waals surface area contributed by atoms with Crippen molar-refractivity contribution < 1.29 is 0 Å². The molecule has 0 saturated heterocycles. The number of benzene rings is 9. The molecule has 0 aliphatic heterocycles. The van der Waals surface area contributed by atoms with Gasteiger partial charge in [0.05, 0.1) is 11.0 Å². The minimum atomic E-state index is 0.703. The second-order valence-corrected chi connectivity index (χ2v) is 18.2. The normalized spacial score (nSPS) is 11.9. The highest BCUT2D eigenvalue weighted by molar-refractivity contribution is 6.12. The molecule has 5 nitrogen and oxygen atoms in total. The van der Waals surface area contributed by atoms with Crippen molar-refractivity contribution in [3.8, 4) is 72.4 Å². The number of aromatic nitrogens is 1. The van der Waals surface area contributed by atoms with E-state index in [2.05, 4.69) is 164 Å². The van der Waals surface area contributed by atoms with E-state index in [0.717, 1.165) is 113 Å². The number of nitrogens with zero attached hydrogens (tertiary/aromatic N) is 1. The van der Waals surface area contributed by atoms with Gasteiger partial charge >= 0.3 is 0 Å². The Morgan fingerprint density at radius 3 is 1.01 bits per heavy atom. The maximum Gasteiger partial charge on any atom is 0.0541 e. The van der Waals surface area contributed by atoms with E-state index in [9.17, 15) is 0 Å². The van der Waals surface area contributed by atoms with Crippen molar-refractivity contribution in [3.05, 3.63) is 200 Å². The molecule has 0 radical (unpaired) electrons. The number of nitrogen functional groups attached to an aromatic ring is 4. The van der Waals surface area contributed by atoms with Crippen molar-refractivity contribution in [1.82, 2.24) is 4.57 Å². The first-order valence-corrected chi connectivity index (χ1v) is 23.6. The first kappa shape index (κ1) is 42.9. The molecule has 10 rings (SSSR count). The van der Waals surface area contributed by atoms with Crippen LogP contribution in [0.15, 0.2) is 194 Å². The Balaban J connectivity index is 1.16. The standard InChI is InChI=1S/C62H57N5/c1-3-5-6-40(4-2)31-41-7-27-58(28-8-41)67-61-29-17-46(52-34-48(42-9-19-54(63)20-10-42)32-49(35-52)43-11-21-55(64)22-12-43)38-59(61)60-39-47(18-30-62(60)67)53-36-50(44-13-23-56(65)24-14-44)33-51(37-53)45-15-25-57(66)26-16-45/h7-30,32-40H,3-6,31,63-66H2,1-2H3. The van der Waals surface area contributed by atoms with Crippen LogP contribution in [0.4, 0.5) is 22.7 Å². The van der Waals surface area contributed by atoms with E-state index in [1.165, 1.54) is 42.0 Å². The number of rotatable bonds is 13. The lowest BCUT2D eigenvalue weighted by molar-refractivity contribution is 0.449. The fourth-order valence-corrected chi connectivity index (χ4v) is 9.68. The van der Waals surface area contributed by atoms with Crippen LogP contribution in [0.1, 0.15) is 45.1 Å². The van der Waals surface area contributed by atoms with E-state index in [1.54, 1.807) is 0 Å². The molecule has 67 heavy (non-hydrogen) atoms. The predicted octanol–water partition coefficient (Wildman–Crippen LogP) is 15.9. The van der Waals surface area contributed by atoms with Crippen molar-refractivity contribution >= 4 is 44.6 Å². The Kier molecular flexibility index (Phi) is 11.8. The molecule has 10 aromatic rings. The van der Waals surface area contributed by atoms with Gasteiger partial charge in [-0.15, -0.1) is 0 Å². The van der Waals surface area contributed by atoms with Gasteiger partial charge in [-0.2, -0.15) is 0 Å². The molecule has 0 saturated carbocycles. The van der Waals surface area contributed by atoms with Crippen molar-refractivity contribution in [1.29, 1.82) is 0 Å². The summed E-state index contributed by atoms with van der Waals surface area (Å²) in [7, 11) is 0. The average molecular weight is 872 g/mol. The van der Waals surface area contributed by atoms with Crippen molar-refractivity contribution in [2.45, 2.75) is 46.0 Å². The molecule has 330 valence electrons. The predicted molar refractivity (Wildman–Crippen MR) is 288 cm³/mol. The van der Waals surface area contributed by atoms with Crippen LogP contribution in [0.3, 0.4) is 0 Å². The molecule has 0 amide bonds. The molecule has 1 unspecified atom stereocenters. The number of fused-ring (bicyclic) bond motifs is 3. The molecule has 0 aliphatic rings. The lowest BCUT2D eigenvalue weighted by atomic mass is 9.92. The van der Waals surface area contributed by atoms with Crippen LogP contribution < -0.4 is 22.9 Å². The number of hydrogen-bond acceptors (Lipinski definition) is 4. The van der Waals surface area contributed by atoms with Gasteiger partial charge in [-0.25, -0.2) is 0 Å². The van der Waals surface area contributed by atoms with Gasteiger partial charge in [-0.05, 0) is 206 Å². The molecule has 1 atom stereocenters. The van der Waals surface area contributed by atoms with Gasteiger partial charge in [0.2, 0.25) is 0 Å². The summed E-state index contributed by atoms with van der Waals surface area (Å²) in [6.07, 6.45) is 6.11. The molecule has 0 spiro atoms. The topological polar surface area (TPSA) is 109 Å². The van der Waals surface area contributed by atoms with Crippen LogP contribution in [0.5, 0.6) is 0 Å². The molecule has 0 aliphatic carbocycles. The summed E-state index contributed by atoms with van der Waals surface area (Å²) in [5.74, 6) is 0.703. The molecule has 0 fully saturated rings. The maximum absolute atomic E-state index is 6.15. The van der Waals surface area contributed by atoms with Gasteiger partial charge in [0.15, 0.2) is 0 Å². The second kappa shape index (κ2) is 18.5. The lowest BCUT2D eigenvalue weighted by Crippen LogP contribution is -2.03. The van der Waals surface area contributed by atoms with Gasteiger partial charge in [0, 0.05) is 39.2 Å². The van der Waals surface area contributed by atoms with Crippen LogP contribution in [-0.4, -0.2) is 4.57 Å². The Labute approximate surface area is 394 Å². The van der Waals surface area contributed by atoms with Crippen molar-refractivity contribution in [2.75, 3.05) is 22.9 Å². The van der Waals surface area contributed by atoms with E-state index in [-0.39, 0.29) is 0 Å².